The number of aromatic nitrogens is 1. The van der Waals surface area contributed by atoms with E-state index in [2.05, 4.69) is 4.98 Å². The van der Waals surface area contributed by atoms with Crippen LogP contribution in [0.1, 0.15) is 43.0 Å². The van der Waals surface area contributed by atoms with Crippen LogP contribution >= 0.6 is 0 Å². The number of carbonyl (C=O) groups excluding carboxylic acids is 1. The number of nitrogens with two attached hydrogens (primary N) is 1. The monoisotopic (exact) mass is 277 g/mol. The first kappa shape index (κ1) is 14.8. The predicted molar refractivity (Wildman–Crippen MR) is 78.6 cm³/mol. The highest BCUT2D eigenvalue weighted by Gasteiger charge is 2.31. The number of aromatic amines is 1. The third-order valence-corrected chi connectivity index (χ3v) is 4.20. The van der Waals surface area contributed by atoms with Gasteiger partial charge >= 0.3 is 0 Å². The van der Waals surface area contributed by atoms with Crippen molar-refractivity contribution in [3.8, 4) is 0 Å². The fourth-order valence-electron chi connectivity index (χ4n) is 3.15. The van der Waals surface area contributed by atoms with E-state index < -0.39 is 0 Å². The molecule has 1 aromatic heterocycles. The Kier molecular flexibility index (Phi) is 4.95. The lowest BCUT2D eigenvalue weighted by molar-refractivity contribution is 0.0560. The highest BCUT2D eigenvalue weighted by atomic mass is 16.2. The molecule has 0 saturated heterocycles. The third kappa shape index (κ3) is 3.10. The first-order chi connectivity index (χ1) is 9.67. The van der Waals surface area contributed by atoms with Gasteiger partial charge in [-0.2, -0.15) is 0 Å². The molecular weight excluding hydrogens is 254 g/mol. The summed E-state index contributed by atoms with van der Waals surface area (Å²) in [6.45, 7) is 3.24. The van der Waals surface area contributed by atoms with Crippen LogP contribution in [0.3, 0.4) is 0 Å². The van der Waals surface area contributed by atoms with Crippen molar-refractivity contribution in [2.24, 2.45) is 11.7 Å². The quantitative estimate of drug-likeness (QED) is 0.872. The average Bonchev–Trinajstić information content (AvgIpc) is 2.48. The number of nitrogens with zero attached hydrogens (tertiary/aromatic N) is 1. The second-order valence-electron chi connectivity index (χ2n) is 5.38. The normalized spacial score (nSPS) is 22.5. The van der Waals surface area contributed by atoms with Gasteiger partial charge in [0, 0.05) is 30.4 Å². The highest BCUT2D eigenvalue weighted by Crippen LogP contribution is 2.28. The molecular formula is C15H23N3O2. The van der Waals surface area contributed by atoms with Gasteiger partial charge in [0.1, 0.15) is 0 Å². The van der Waals surface area contributed by atoms with Crippen LogP contribution in [-0.4, -0.2) is 34.9 Å². The number of hydrogen-bond donors (Lipinski definition) is 2. The van der Waals surface area contributed by atoms with Crippen LogP contribution < -0.4 is 11.3 Å². The van der Waals surface area contributed by atoms with E-state index >= 15 is 0 Å². The maximum Gasteiger partial charge on any atom is 0.254 e. The number of pyridine rings is 1. The lowest BCUT2D eigenvalue weighted by atomic mass is 9.83. The first-order valence-corrected chi connectivity index (χ1v) is 7.37. The smallest absolute Gasteiger partial charge is 0.254 e. The van der Waals surface area contributed by atoms with E-state index in [0.29, 0.717) is 24.6 Å². The van der Waals surface area contributed by atoms with E-state index in [1.165, 1.54) is 18.7 Å². The van der Waals surface area contributed by atoms with Gasteiger partial charge in [-0.3, -0.25) is 9.59 Å². The molecule has 0 aliphatic heterocycles. The topological polar surface area (TPSA) is 79.2 Å². The lowest BCUT2D eigenvalue weighted by Crippen LogP contribution is -2.48. The molecule has 5 heteroatoms. The Labute approximate surface area is 119 Å². The molecule has 1 fully saturated rings. The predicted octanol–water partition coefficient (Wildman–Crippen LogP) is 1.35. The van der Waals surface area contributed by atoms with E-state index in [0.717, 1.165) is 19.3 Å². The summed E-state index contributed by atoms with van der Waals surface area (Å²) >= 11 is 0. The average molecular weight is 277 g/mol. The van der Waals surface area contributed by atoms with Crippen LogP contribution in [0.4, 0.5) is 0 Å². The van der Waals surface area contributed by atoms with Crippen molar-refractivity contribution in [2.45, 2.75) is 38.6 Å². The molecule has 0 spiro atoms. The van der Waals surface area contributed by atoms with Crippen LogP contribution in [0, 0.1) is 5.92 Å². The summed E-state index contributed by atoms with van der Waals surface area (Å²) in [7, 11) is 0. The molecule has 110 valence electrons. The molecule has 1 amide bonds. The van der Waals surface area contributed by atoms with E-state index in [4.69, 9.17) is 5.73 Å². The highest BCUT2D eigenvalue weighted by molar-refractivity contribution is 5.94. The van der Waals surface area contributed by atoms with Crippen LogP contribution in [0.5, 0.6) is 0 Å². The summed E-state index contributed by atoms with van der Waals surface area (Å²) < 4.78 is 0. The summed E-state index contributed by atoms with van der Waals surface area (Å²) in [6.07, 6.45) is 5.94. The summed E-state index contributed by atoms with van der Waals surface area (Å²) in [5.41, 5.74) is 6.07. The Bertz CT molecular complexity index is 512. The molecule has 1 saturated carbocycles. The maximum absolute atomic E-state index is 12.6. The SMILES string of the molecule is CCN(C(=O)c1cc[nH]c(=O)c1)C1CCCCC1CN. The molecule has 1 aliphatic carbocycles. The molecule has 2 rings (SSSR count). The van der Waals surface area contributed by atoms with Crippen LogP contribution in [0.25, 0.3) is 0 Å². The fraction of sp³-hybridized carbons (Fsp3) is 0.600. The molecule has 5 nitrogen and oxygen atoms in total. The molecule has 3 N–H and O–H groups in total. The number of H-pyrrole nitrogens is 1. The Morgan fingerprint density at radius 1 is 1.45 bits per heavy atom. The van der Waals surface area contributed by atoms with Gasteiger partial charge in [0.2, 0.25) is 5.56 Å². The molecule has 0 aromatic carbocycles. The van der Waals surface area contributed by atoms with Gasteiger partial charge in [-0.1, -0.05) is 12.8 Å². The van der Waals surface area contributed by atoms with E-state index in [-0.39, 0.29) is 17.5 Å². The molecule has 1 aliphatic rings. The molecule has 0 radical (unpaired) electrons. The number of hydrogen-bond acceptors (Lipinski definition) is 3. The Balaban J connectivity index is 2.22. The number of amides is 1. The summed E-state index contributed by atoms with van der Waals surface area (Å²) in [6, 6.07) is 3.23. The zero-order valence-corrected chi connectivity index (χ0v) is 12.0. The third-order valence-electron chi connectivity index (χ3n) is 4.20. The minimum Gasteiger partial charge on any atom is -0.336 e. The minimum atomic E-state index is -0.245. The summed E-state index contributed by atoms with van der Waals surface area (Å²) in [5, 5.41) is 0. The van der Waals surface area contributed by atoms with Crippen molar-refractivity contribution >= 4 is 5.91 Å². The van der Waals surface area contributed by atoms with Crippen LogP contribution in [0.15, 0.2) is 23.1 Å². The van der Waals surface area contributed by atoms with Crippen molar-refractivity contribution in [1.29, 1.82) is 0 Å². The van der Waals surface area contributed by atoms with Gasteiger partial charge in [-0.05, 0) is 38.3 Å². The summed E-state index contributed by atoms with van der Waals surface area (Å²) in [5.74, 6) is 0.304. The van der Waals surface area contributed by atoms with E-state index in [1.807, 2.05) is 11.8 Å². The second kappa shape index (κ2) is 6.70. The molecule has 2 atom stereocenters. The van der Waals surface area contributed by atoms with Crippen molar-refractivity contribution < 1.29 is 4.79 Å². The number of nitrogens with one attached hydrogen (secondary N) is 1. The van der Waals surface area contributed by atoms with Gasteiger partial charge < -0.3 is 15.6 Å². The summed E-state index contributed by atoms with van der Waals surface area (Å²) in [4.78, 5) is 28.4. The molecule has 0 bridgehead atoms. The van der Waals surface area contributed by atoms with Gasteiger partial charge in [-0.25, -0.2) is 0 Å². The Hall–Kier alpha value is -1.62. The second-order valence-corrected chi connectivity index (χ2v) is 5.38. The van der Waals surface area contributed by atoms with E-state index in [1.54, 1.807) is 6.07 Å². The van der Waals surface area contributed by atoms with Crippen LogP contribution in [-0.2, 0) is 0 Å². The minimum absolute atomic E-state index is 0.0658. The largest absolute Gasteiger partial charge is 0.336 e. The molecule has 20 heavy (non-hydrogen) atoms. The standard InChI is InChI=1S/C15H23N3O2/c1-2-18(13-6-4-3-5-12(13)10-16)15(20)11-7-8-17-14(19)9-11/h7-9,12-13H,2-6,10,16H2,1H3,(H,17,19). The Morgan fingerprint density at radius 3 is 2.85 bits per heavy atom. The van der Waals surface area contributed by atoms with Crippen molar-refractivity contribution in [3.63, 3.8) is 0 Å². The van der Waals surface area contributed by atoms with Gasteiger partial charge in [0.25, 0.3) is 5.91 Å². The van der Waals surface area contributed by atoms with Gasteiger partial charge in [0.15, 0.2) is 0 Å². The van der Waals surface area contributed by atoms with E-state index in [9.17, 15) is 9.59 Å². The molecule has 1 heterocycles. The Morgan fingerprint density at radius 2 is 2.20 bits per heavy atom. The van der Waals surface area contributed by atoms with Crippen LogP contribution in [0.2, 0.25) is 0 Å². The lowest BCUT2D eigenvalue weighted by Gasteiger charge is -2.39. The van der Waals surface area contributed by atoms with Crippen molar-refractivity contribution in [2.75, 3.05) is 13.1 Å². The number of carbonyl (C=O) groups is 1. The maximum atomic E-state index is 12.6. The fourth-order valence-corrected chi connectivity index (χ4v) is 3.15. The van der Waals surface area contributed by atoms with Crippen molar-refractivity contribution in [1.82, 2.24) is 9.88 Å². The van der Waals surface area contributed by atoms with Gasteiger partial charge in [-0.15, -0.1) is 0 Å². The molecule has 1 aromatic rings. The van der Waals surface area contributed by atoms with Gasteiger partial charge in [0.05, 0.1) is 0 Å². The van der Waals surface area contributed by atoms with Crippen molar-refractivity contribution in [3.05, 3.63) is 34.2 Å². The first-order valence-electron chi connectivity index (χ1n) is 7.37. The zero-order chi connectivity index (χ0) is 14.5. The number of rotatable bonds is 4. The zero-order valence-electron chi connectivity index (χ0n) is 12.0. The molecule has 2 unspecified atom stereocenters.